The number of anilines is 3. The van der Waals surface area contributed by atoms with Gasteiger partial charge in [-0.15, -0.1) is 0 Å². The summed E-state index contributed by atoms with van der Waals surface area (Å²) in [5, 5.41) is 15.7. The third kappa shape index (κ3) is 4.66. The van der Waals surface area contributed by atoms with Crippen LogP contribution in [0.2, 0.25) is 0 Å². The first-order valence-electron chi connectivity index (χ1n) is 8.79. The number of hydrogen-bond donors (Lipinski definition) is 3. The second-order valence-electron chi connectivity index (χ2n) is 6.13. The summed E-state index contributed by atoms with van der Waals surface area (Å²) in [7, 11) is 3.18. The highest BCUT2D eigenvalue weighted by atomic mass is 16.5. The lowest BCUT2D eigenvalue weighted by Gasteiger charge is -2.15. The van der Waals surface area contributed by atoms with Crippen molar-refractivity contribution < 1.29 is 14.6 Å². The zero-order chi connectivity index (χ0) is 19.9. The fourth-order valence-electron chi connectivity index (χ4n) is 2.57. The highest BCUT2D eigenvalue weighted by Gasteiger charge is 2.11. The summed E-state index contributed by atoms with van der Waals surface area (Å²) < 4.78 is 10.6. The minimum absolute atomic E-state index is 0.0288. The lowest BCUT2D eigenvalue weighted by atomic mass is 10.2. The van der Waals surface area contributed by atoms with Crippen molar-refractivity contribution in [2.24, 2.45) is 0 Å². The largest absolute Gasteiger partial charge is 0.493 e. The molecule has 0 saturated carbocycles. The van der Waals surface area contributed by atoms with Gasteiger partial charge in [0.05, 0.1) is 26.5 Å². The van der Waals surface area contributed by atoms with Crippen LogP contribution < -0.4 is 20.1 Å². The van der Waals surface area contributed by atoms with Gasteiger partial charge in [-0.2, -0.15) is 4.98 Å². The first-order chi connectivity index (χ1) is 13.6. The number of benzene rings is 1. The van der Waals surface area contributed by atoms with Crippen molar-refractivity contribution >= 4 is 17.5 Å². The van der Waals surface area contributed by atoms with Crippen molar-refractivity contribution in [3.8, 4) is 22.8 Å². The number of methoxy groups -OCH3 is 2. The second-order valence-corrected chi connectivity index (χ2v) is 6.13. The van der Waals surface area contributed by atoms with E-state index >= 15 is 0 Å². The van der Waals surface area contributed by atoms with Crippen LogP contribution in [0.3, 0.4) is 0 Å². The summed E-state index contributed by atoms with van der Waals surface area (Å²) in [6.07, 6.45) is 3.45. The van der Waals surface area contributed by atoms with Gasteiger partial charge < -0.3 is 25.2 Å². The van der Waals surface area contributed by atoms with Crippen molar-refractivity contribution in [2.75, 3.05) is 31.5 Å². The van der Waals surface area contributed by atoms with Crippen molar-refractivity contribution in [3.63, 3.8) is 0 Å². The lowest BCUT2D eigenvalue weighted by molar-refractivity contribution is 0.281. The second kappa shape index (κ2) is 9.01. The number of rotatable bonds is 8. The number of hydrogen-bond acceptors (Lipinski definition) is 8. The molecule has 0 unspecified atom stereocenters. The van der Waals surface area contributed by atoms with Crippen molar-refractivity contribution in [1.29, 1.82) is 0 Å². The first kappa shape index (κ1) is 19.4. The van der Waals surface area contributed by atoms with E-state index in [1.807, 2.05) is 43.3 Å². The highest BCUT2D eigenvalue weighted by molar-refractivity contribution is 5.68. The van der Waals surface area contributed by atoms with Gasteiger partial charge in [-0.05, 0) is 31.2 Å². The molecule has 0 bridgehead atoms. The van der Waals surface area contributed by atoms with Crippen LogP contribution in [0.1, 0.15) is 6.92 Å². The Hall–Kier alpha value is -3.39. The molecule has 1 aromatic carbocycles. The average Bonchev–Trinajstić information content (AvgIpc) is 2.74. The number of nitrogens with zero attached hydrogens (tertiary/aromatic N) is 3. The SMILES string of the molecule is COc1ccc(Nc2cc(-c3cccnc3)nc(N[C@@H](C)CO)n2)cc1OC. The van der Waals surface area contributed by atoms with Gasteiger partial charge in [0, 0.05) is 41.8 Å². The van der Waals surface area contributed by atoms with Crippen LogP contribution in [0, 0.1) is 0 Å². The molecule has 1 atom stereocenters. The summed E-state index contributed by atoms with van der Waals surface area (Å²) in [5.74, 6) is 2.26. The molecule has 0 aliphatic heterocycles. The average molecular weight is 381 g/mol. The summed E-state index contributed by atoms with van der Waals surface area (Å²) in [6.45, 7) is 1.82. The van der Waals surface area contributed by atoms with Gasteiger partial charge in [-0.1, -0.05) is 0 Å². The maximum absolute atomic E-state index is 9.32. The molecule has 8 heteroatoms. The van der Waals surface area contributed by atoms with Gasteiger partial charge in [0.25, 0.3) is 0 Å². The van der Waals surface area contributed by atoms with E-state index in [0.717, 1.165) is 11.3 Å². The molecule has 0 spiro atoms. The monoisotopic (exact) mass is 381 g/mol. The molecule has 0 amide bonds. The van der Waals surface area contributed by atoms with E-state index in [1.54, 1.807) is 26.6 Å². The Labute approximate surface area is 163 Å². The van der Waals surface area contributed by atoms with Gasteiger partial charge in [-0.3, -0.25) is 4.98 Å². The molecule has 3 N–H and O–H groups in total. The van der Waals surface area contributed by atoms with Gasteiger partial charge in [0.1, 0.15) is 5.82 Å². The maximum Gasteiger partial charge on any atom is 0.225 e. The fraction of sp³-hybridized carbons (Fsp3) is 0.250. The molecule has 8 nitrogen and oxygen atoms in total. The molecule has 28 heavy (non-hydrogen) atoms. The smallest absolute Gasteiger partial charge is 0.225 e. The van der Waals surface area contributed by atoms with Crippen molar-refractivity contribution in [2.45, 2.75) is 13.0 Å². The van der Waals surface area contributed by atoms with E-state index in [1.165, 1.54) is 0 Å². The molecule has 3 rings (SSSR count). The fourth-order valence-corrected chi connectivity index (χ4v) is 2.57. The third-order valence-electron chi connectivity index (χ3n) is 3.99. The molecule has 2 heterocycles. The van der Waals surface area contributed by atoms with Gasteiger partial charge >= 0.3 is 0 Å². The lowest BCUT2D eigenvalue weighted by Crippen LogP contribution is -2.21. The Morgan fingerprint density at radius 3 is 2.57 bits per heavy atom. The Kier molecular flexibility index (Phi) is 6.23. The Bertz CT molecular complexity index is 921. The molecule has 146 valence electrons. The summed E-state index contributed by atoms with van der Waals surface area (Å²) >= 11 is 0. The predicted octanol–water partition coefficient (Wildman–Crippen LogP) is 3.09. The number of ether oxygens (including phenoxy) is 2. The van der Waals surface area contributed by atoms with E-state index in [-0.39, 0.29) is 12.6 Å². The zero-order valence-electron chi connectivity index (χ0n) is 16.0. The number of nitrogens with one attached hydrogen (secondary N) is 2. The van der Waals surface area contributed by atoms with E-state index in [2.05, 4.69) is 25.6 Å². The summed E-state index contributed by atoms with van der Waals surface area (Å²) in [4.78, 5) is 13.2. The summed E-state index contributed by atoms with van der Waals surface area (Å²) in [6, 6.07) is 10.9. The molecule has 0 aliphatic rings. The molecule has 0 aliphatic carbocycles. The number of aliphatic hydroxyl groups excluding tert-OH is 1. The van der Waals surface area contributed by atoms with Crippen molar-refractivity contribution in [3.05, 3.63) is 48.8 Å². The van der Waals surface area contributed by atoms with Crippen LogP contribution in [0.25, 0.3) is 11.3 Å². The van der Waals surface area contributed by atoms with E-state index in [4.69, 9.17) is 9.47 Å². The zero-order valence-corrected chi connectivity index (χ0v) is 16.0. The van der Waals surface area contributed by atoms with Crippen LogP contribution in [0.15, 0.2) is 48.8 Å². The molecular formula is C20H23N5O3. The number of pyridine rings is 1. The predicted molar refractivity (Wildman–Crippen MR) is 108 cm³/mol. The Morgan fingerprint density at radius 1 is 1.07 bits per heavy atom. The van der Waals surface area contributed by atoms with Crippen LogP contribution >= 0.6 is 0 Å². The van der Waals surface area contributed by atoms with Gasteiger partial charge in [-0.25, -0.2) is 4.98 Å². The minimum atomic E-state index is -0.182. The Morgan fingerprint density at radius 2 is 1.89 bits per heavy atom. The van der Waals surface area contributed by atoms with Gasteiger partial charge in [0.15, 0.2) is 11.5 Å². The number of aromatic nitrogens is 3. The maximum atomic E-state index is 9.32. The molecular weight excluding hydrogens is 358 g/mol. The molecule has 3 aromatic rings. The molecule has 2 aromatic heterocycles. The standard InChI is InChI=1S/C20H23N5O3/c1-13(12-26)22-20-24-16(14-5-4-8-21-11-14)10-19(25-20)23-15-6-7-17(27-2)18(9-15)28-3/h4-11,13,26H,12H2,1-3H3,(H2,22,23,24,25)/t13-/m0/s1. The molecule has 0 fully saturated rings. The molecule has 0 saturated heterocycles. The van der Waals surface area contributed by atoms with E-state index < -0.39 is 0 Å². The quantitative estimate of drug-likeness (QED) is 0.547. The van der Waals surface area contributed by atoms with Gasteiger partial charge in [0.2, 0.25) is 5.95 Å². The number of aliphatic hydroxyl groups is 1. The first-order valence-corrected chi connectivity index (χ1v) is 8.79. The van der Waals surface area contributed by atoms with E-state index in [0.29, 0.717) is 29.0 Å². The van der Waals surface area contributed by atoms with Crippen LogP contribution in [0.5, 0.6) is 11.5 Å². The van der Waals surface area contributed by atoms with Crippen LogP contribution in [-0.4, -0.2) is 46.9 Å². The normalized spacial score (nSPS) is 11.6. The highest BCUT2D eigenvalue weighted by Crippen LogP contribution is 2.31. The Balaban J connectivity index is 1.96. The van der Waals surface area contributed by atoms with Crippen LogP contribution in [0.4, 0.5) is 17.5 Å². The summed E-state index contributed by atoms with van der Waals surface area (Å²) in [5.41, 5.74) is 2.35. The third-order valence-corrected chi connectivity index (χ3v) is 3.99. The van der Waals surface area contributed by atoms with Crippen molar-refractivity contribution in [1.82, 2.24) is 15.0 Å². The minimum Gasteiger partial charge on any atom is -0.493 e. The topological polar surface area (TPSA) is 101 Å². The van der Waals surface area contributed by atoms with Crippen LogP contribution in [-0.2, 0) is 0 Å². The molecule has 0 radical (unpaired) electrons. The van der Waals surface area contributed by atoms with E-state index in [9.17, 15) is 5.11 Å².